The molecule has 0 bridgehead atoms. The van der Waals surface area contributed by atoms with Gasteiger partial charge in [-0.25, -0.2) is 0 Å². The van der Waals surface area contributed by atoms with Gasteiger partial charge in [-0.15, -0.1) is 0 Å². The number of allylic oxidation sites excluding steroid dienone is 2. The Balaban J connectivity index is 2.13. The summed E-state index contributed by atoms with van der Waals surface area (Å²) < 4.78 is 0. The molecule has 0 aliphatic heterocycles. The van der Waals surface area contributed by atoms with E-state index in [1.54, 1.807) is 6.08 Å². The van der Waals surface area contributed by atoms with Crippen molar-refractivity contribution in [1.29, 1.82) is 5.41 Å². The average molecular weight is 221 g/mol. The Morgan fingerprint density at radius 3 is 2.12 bits per heavy atom. The van der Waals surface area contributed by atoms with E-state index in [1.165, 1.54) is 22.9 Å². The fourth-order valence-electron chi connectivity index (χ4n) is 1.74. The van der Waals surface area contributed by atoms with Gasteiger partial charge in [-0.1, -0.05) is 60.7 Å². The molecule has 1 heteroatoms. The molecule has 0 unspecified atom stereocenters. The van der Waals surface area contributed by atoms with Crippen LogP contribution in [0.5, 0.6) is 0 Å². The lowest BCUT2D eigenvalue weighted by Gasteiger charge is -2.02. The van der Waals surface area contributed by atoms with Gasteiger partial charge in [-0.05, 0) is 29.2 Å². The maximum absolute atomic E-state index is 6.90. The normalized spacial score (nSPS) is 10.6. The van der Waals surface area contributed by atoms with Gasteiger partial charge >= 0.3 is 0 Å². The van der Waals surface area contributed by atoms with E-state index in [4.69, 9.17) is 5.41 Å². The van der Waals surface area contributed by atoms with Crippen molar-refractivity contribution in [3.63, 3.8) is 0 Å². The van der Waals surface area contributed by atoms with Crippen LogP contribution in [0, 0.1) is 5.41 Å². The van der Waals surface area contributed by atoms with E-state index in [9.17, 15) is 0 Å². The molecular formula is C16H15N. The van der Waals surface area contributed by atoms with Crippen molar-refractivity contribution in [2.45, 2.75) is 6.42 Å². The third-order valence-corrected chi connectivity index (χ3v) is 2.65. The average Bonchev–Trinajstić information content (AvgIpc) is 2.41. The SMILES string of the molecule is N=C/C=C\Cc1ccc(-c2ccccc2)cc1. The van der Waals surface area contributed by atoms with E-state index in [0.29, 0.717) is 0 Å². The second-order valence-corrected chi connectivity index (χ2v) is 3.86. The van der Waals surface area contributed by atoms with Crippen molar-refractivity contribution in [3.05, 3.63) is 72.3 Å². The van der Waals surface area contributed by atoms with E-state index in [0.717, 1.165) is 6.42 Å². The summed E-state index contributed by atoms with van der Waals surface area (Å²) in [5.41, 5.74) is 3.75. The Kier molecular flexibility index (Phi) is 3.87. The molecule has 17 heavy (non-hydrogen) atoms. The van der Waals surface area contributed by atoms with E-state index in [-0.39, 0.29) is 0 Å². The lowest BCUT2D eigenvalue weighted by molar-refractivity contribution is 1.27. The van der Waals surface area contributed by atoms with Gasteiger partial charge in [-0.3, -0.25) is 0 Å². The van der Waals surface area contributed by atoms with Crippen LogP contribution in [0.4, 0.5) is 0 Å². The molecule has 1 nitrogen and oxygen atoms in total. The molecule has 0 aliphatic carbocycles. The maximum Gasteiger partial charge on any atom is 0.0174 e. The summed E-state index contributed by atoms with van der Waals surface area (Å²) in [5.74, 6) is 0. The van der Waals surface area contributed by atoms with Gasteiger partial charge < -0.3 is 5.41 Å². The summed E-state index contributed by atoms with van der Waals surface area (Å²) in [6.45, 7) is 0. The summed E-state index contributed by atoms with van der Waals surface area (Å²) in [5, 5.41) is 6.90. The monoisotopic (exact) mass is 221 g/mol. The molecule has 0 fully saturated rings. The Morgan fingerprint density at radius 1 is 0.824 bits per heavy atom. The number of hydrogen-bond acceptors (Lipinski definition) is 1. The van der Waals surface area contributed by atoms with Crippen LogP contribution in [0.15, 0.2) is 66.7 Å². The highest BCUT2D eigenvalue weighted by Crippen LogP contribution is 2.19. The molecule has 2 rings (SSSR count). The van der Waals surface area contributed by atoms with Gasteiger partial charge in [0.25, 0.3) is 0 Å². The van der Waals surface area contributed by atoms with E-state index >= 15 is 0 Å². The molecule has 1 N–H and O–H groups in total. The highest BCUT2D eigenvalue weighted by atomic mass is 14.3. The van der Waals surface area contributed by atoms with Crippen LogP contribution in [-0.4, -0.2) is 6.21 Å². The highest BCUT2D eigenvalue weighted by molar-refractivity contribution is 5.67. The number of nitrogens with one attached hydrogen (secondary N) is 1. The summed E-state index contributed by atoms with van der Waals surface area (Å²) in [6, 6.07) is 18.9. The molecule has 2 aromatic rings. The Hall–Kier alpha value is -2.15. The van der Waals surface area contributed by atoms with E-state index in [2.05, 4.69) is 48.5 Å². The van der Waals surface area contributed by atoms with Crippen molar-refractivity contribution in [1.82, 2.24) is 0 Å². The molecular weight excluding hydrogens is 206 g/mol. The first-order valence-electron chi connectivity index (χ1n) is 5.70. The minimum Gasteiger partial charge on any atom is -0.309 e. The smallest absolute Gasteiger partial charge is 0.0174 e. The van der Waals surface area contributed by atoms with Gasteiger partial charge in [0.2, 0.25) is 0 Å². The van der Waals surface area contributed by atoms with Crippen LogP contribution >= 0.6 is 0 Å². The van der Waals surface area contributed by atoms with Crippen molar-refractivity contribution >= 4 is 6.21 Å². The largest absolute Gasteiger partial charge is 0.309 e. The van der Waals surface area contributed by atoms with Gasteiger partial charge in [0, 0.05) is 6.21 Å². The molecule has 0 aliphatic rings. The molecule has 0 aromatic heterocycles. The summed E-state index contributed by atoms with van der Waals surface area (Å²) in [4.78, 5) is 0. The lowest BCUT2D eigenvalue weighted by atomic mass is 10.0. The molecule has 0 radical (unpaired) electrons. The third kappa shape index (κ3) is 3.15. The summed E-state index contributed by atoms with van der Waals surface area (Å²) >= 11 is 0. The van der Waals surface area contributed by atoms with Crippen LogP contribution < -0.4 is 0 Å². The van der Waals surface area contributed by atoms with Crippen LogP contribution in [0.1, 0.15) is 5.56 Å². The minimum atomic E-state index is 0.879. The fourth-order valence-corrected chi connectivity index (χ4v) is 1.74. The molecule has 84 valence electrons. The van der Waals surface area contributed by atoms with Crippen LogP contribution in [0.2, 0.25) is 0 Å². The lowest BCUT2D eigenvalue weighted by Crippen LogP contribution is -1.82. The molecule has 2 aromatic carbocycles. The van der Waals surface area contributed by atoms with Crippen molar-refractivity contribution in [2.24, 2.45) is 0 Å². The van der Waals surface area contributed by atoms with E-state index in [1.807, 2.05) is 12.1 Å². The molecule has 0 saturated carbocycles. The summed E-state index contributed by atoms with van der Waals surface area (Å²) in [7, 11) is 0. The second-order valence-electron chi connectivity index (χ2n) is 3.86. The molecule has 0 amide bonds. The quantitative estimate of drug-likeness (QED) is 0.751. The minimum absolute atomic E-state index is 0.879. The molecule has 0 atom stereocenters. The van der Waals surface area contributed by atoms with Crippen molar-refractivity contribution in [3.8, 4) is 11.1 Å². The summed E-state index contributed by atoms with van der Waals surface area (Å²) in [6.07, 6.45) is 5.93. The highest BCUT2D eigenvalue weighted by Gasteiger charge is 1.95. The standard InChI is InChI=1S/C16H15N/c17-13-5-4-6-14-9-11-16(12-10-14)15-7-2-1-3-8-15/h1-5,7-13,17H,6H2/b5-4-,17-13?. The van der Waals surface area contributed by atoms with Crippen LogP contribution in [0.25, 0.3) is 11.1 Å². The van der Waals surface area contributed by atoms with Crippen molar-refractivity contribution < 1.29 is 0 Å². The van der Waals surface area contributed by atoms with E-state index < -0.39 is 0 Å². The van der Waals surface area contributed by atoms with Crippen molar-refractivity contribution in [2.75, 3.05) is 0 Å². The van der Waals surface area contributed by atoms with Gasteiger partial charge in [0.15, 0.2) is 0 Å². The number of rotatable bonds is 4. The third-order valence-electron chi connectivity index (χ3n) is 2.65. The zero-order valence-electron chi connectivity index (χ0n) is 9.64. The van der Waals surface area contributed by atoms with Gasteiger partial charge in [-0.2, -0.15) is 0 Å². The topological polar surface area (TPSA) is 23.9 Å². The van der Waals surface area contributed by atoms with Gasteiger partial charge in [0.1, 0.15) is 0 Å². The molecule has 0 spiro atoms. The first-order chi connectivity index (χ1) is 8.40. The van der Waals surface area contributed by atoms with Crippen LogP contribution in [0.3, 0.4) is 0 Å². The zero-order chi connectivity index (χ0) is 11.9. The van der Waals surface area contributed by atoms with Crippen LogP contribution in [-0.2, 0) is 6.42 Å². The second kappa shape index (κ2) is 5.80. The molecule has 0 heterocycles. The predicted octanol–water partition coefficient (Wildman–Crippen LogP) is 4.10. The first kappa shape index (κ1) is 11.3. The number of benzene rings is 2. The zero-order valence-corrected chi connectivity index (χ0v) is 9.64. The van der Waals surface area contributed by atoms with Gasteiger partial charge in [0.05, 0.1) is 0 Å². The Bertz CT molecular complexity index is 495. The Morgan fingerprint density at radius 2 is 1.47 bits per heavy atom. The first-order valence-corrected chi connectivity index (χ1v) is 5.70. The Labute approximate surface area is 102 Å². The predicted molar refractivity (Wildman–Crippen MR) is 73.5 cm³/mol. The number of hydrogen-bond donors (Lipinski definition) is 1. The molecule has 0 saturated heterocycles. The maximum atomic E-state index is 6.90. The fraction of sp³-hybridized carbons (Fsp3) is 0.0625.